The first-order valence-electron chi connectivity index (χ1n) is 6.61. The lowest BCUT2D eigenvalue weighted by molar-refractivity contribution is 0.181. The molecular formula is C13H22N4O. The summed E-state index contributed by atoms with van der Waals surface area (Å²) >= 11 is 0. The van der Waals surface area contributed by atoms with Crippen molar-refractivity contribution in [3.63, 3.8) is 0 Å². The molecule has 2 rings (SSSR count). The number of aromatic nitrogens is 2. The number of likely N-dealkylation sites (tertiary alicyclic amines) is 1. The van der Waals surface area contributed by atoms with Crippen LogP contribution in [-0.4, -0.2) is 47.7 Å². The van der Waals surface area contributed by atoms with Gasteiger partial charge in [0.05, 0.1) is 12.3 Å². The molecule has 1 aliphatic heterocycles. The summed E-state index contributed by atoms with van der Waals surface area (Å²) in [6, 6.07) is 2.59. The Labute approximate surface area is 109 Å². The molecule has 100 valence electrons. The van der Waals surface area contributed by atoms with E-state index in [1.807, 2.05) is 6.07 Å². The first-order valence-corrected chi connectivity index (χ1v) is 6.61. The topological polar surface area (TPSA) is 50.3 Å². The van der Waals surface area contributed by atoms with E-state index in [4.69, 9.17) is 4.74 Å². The molecule has 18 heavy (non-hydrogen) atoms. The van der Waals surface area contributed by atoms with Gasteiger partial charge in [0, 0.05) is 25.8 Å². The Hall–Kier alpha value is -1.20. The van der Waals surface area contributed by atoms with Crippen molar-refractivity contribution in [1.82, 2.24) is 14.9 Å². The summed E-state index contributed by atoms with van der Waals surface area (Å²) < 4.78 is 5.07. The van der Waals surface area contributed by atoms with Gasteiger partial charge in [-0.05, 0) is 25.9 Å². The minimum atomic E-state index is 0.529. The van der Waals surface area contributed by atoms with E-state index in [0.29, 0.717) is 12.6 Å². The third kappa shape index (κ3) is 3.40. The number of likely N-dealkylation sites (N-methyl/N-ethyl adjacent to an activating group) is 1. The molecule has 1 aromatic heterocycles. The van der Waals surface area contributed by atoms with E-state index >= 15 is 0 Å². The largest absolute Gasteiger partial charge is 0.378 e. The smallest absolute Gasteiger partial charge is 0.129 e. The van der Waals surface area contributed by atoms with Gasteiger partial charge in [-0.25, -0.2) is 9.97 Å². The number of hydrogen-bond acceptors (Lipinski definition) is 5. The van der Waals surface area contributed by atoms with Crippen molar-refractivity contribution in [2.75, 3.05) is 32.1 Å². The summed E-state index contributed by atoms with van der Waals surface area (Å²) in [5.41, 5.74) is 0.911. The molecule has 0 aromatic carbocycles. The van der Waals surface area contributed by atoms with Crippen LogP contribution in [0.3, 0.4) is 0 Å². The van der Waals surface area contributed by atoms with E-state index in [9.17, 15) is 0 Å². The van der Waals surface area contributed by atoms with Gasteiger partial charge in [0.25, 0.3) is 0 Å². The summed E-state index contributed by atoms with van der Waals surface area (Å²) in [6.45, 7) is 6.06. The quantitative estimate of drug-likeness (QED) is 0.829. The van der Waals surface area contributed by atoms with Crippen LogP contribution in [0, 0.1) is 0 Å². The third-order valence-electron chi connectivity index (χ3n) is 3.44. The third-order valence-corrected chi connectivity index (χ3v) is 3.44. The molecule has 0 amide bonds. The van der Waals surface area contributed by atoms with Crippen LogP contribution < -0.4 is 5.32 Å². The number of nitrogens with zero attached hydrogens (tertiary/aromatic N) is 3. The van der Waals surface area contributed by atoms with E-state index in [1.165, 1.54) is 19.4 Å². The molecular weight excluding hydrogens is 228 g/mol. The predicted octanol–water partition coefficient (Wildman–Crippen LogP) is 1.52. The van der Waals surface area contributed by atoms with Crippen LogP contribution in [0.25, 0.3) is 0 Å². The van der Waals surface area contributed by atoms with Crippen molar-refractivity contribution in [1.29, 1.82) is 0 Å². The van der Waals surface area contributed by atoms with Crippen LogP contribution in [0.2, 0.25) is 0 Å². The molecule has 1 fully saturated rings. The van der Waals surface area contributed by atoms with Crippen LogP contribution in [0.4, 0.5) is 5.82 Å². The zero-order valence-electron chi connectivity index (χ0n) is 11.2. The Bertz CT molecular complexity index is 372. The van der Waals surface area contributed by atoms with Gasteiger partial charge in [-0.3, -0.25) is 4.90 Å². The lowest BCUT2D eigenvalue weighted by atomic mass is 10.2. The van der Waals surface area contributed by atoms with E-state index < -0.39 is 0 Å². The number of hydrogen-bond donors (Lipinski definition) is 1. The molecule has 2 heterocycles. The standard InChI is InChI=1S/C13H22N4O/c1-3-17-6-4-5-12(17)8-14-13-7-11(9-18-2)15-10-16-13/h7,10,12H,3-6,8-9H2,1-2H3,(H,14,15,16). The van der Waals surface area contributed by atoms with Crippen LogP contribution in [-0.2, 0) is 11.3 Å². The van der Waals surface area contributed by atoms with Crippen LogP contribution in [0.1, 0.15) is 25.5 Å². The second-order valence-electron chi connectivity index (χ2n) is 4.63. The molecule has 0 spiro atoms. The second-order valence-corrected chi connectivity index (χ2v) is 4.63. The van der Waals surface area contributed by atoms with Crippen molar-refractivity contribution in [3.05, 3.63) is 18.1 Å². The maximum absolute atomic E-state index is 5.07. The molecule has 1 saturated heterocycles. The van der Waals surface area contributed by atoms with Gasteiger partial charge in [0.15, 0.2) is 0 Å². The van der Waals surface area contributed by atoms with E-state index in [0.717, 1.165) is 24.6 Å². The molecule has 1 unspecified atom stereocenters. The minimum absolute atomic E-state index is 0.529. The van der Waals surface area contributed by atoms with Gasteiger partial charge < -0.3 is 10.1 Å². The fourth-order valence-corrected chi connectivity index (χ4v) is 2.49. The Balaban J connectivity index is 1.87. The van der Waals surface area contributed by atoms with Crippen LogP contribution in [0.5, 0.6) is 0 Å². The number of methoxy groups -OCH3 is 1. The summed E-state index contributed by atoms with van der Waals surface area (Å²) in [5.74, 6) is 0.889. The number of ether oxygens (including phenoxy) is 1. The number of anilines is 1. The Morgan fingerprint density at radius 2 is 2.39 bits per heavy atom. The maximum atomic E-state index is 5.07. The van der Waals surface area contributed by atoms with Crippen molar-refractivity contribution < 1.29 is 4.74 Å². The Morgan fingerprint density at radius 3 is 3.17 bits per heavy atom. The van der Waals surface area contributed by atoms with Gasteiger partial charge in [-0.2, -0.15) is 0 Å². The van der Waals surface area contributed by atoms with Gasteiger partial charge in [-0.1, -0.05) is 6.92 Å². The highest BCUT2D eigenvalue weighted by atomic mass is 16.5. The van der Waals surface area contributed by atoms with Gasteiger partial charge in [0.2, 0.25) is 0 Å². The van der Waals surface area contributed by atoms with Crippen molar-refractivity contribution in [2.24, 2.45) is 0 Å². The minimum Gasteiger partial charge on any atom is -0.378 e. The SMILES string of the molecule is CCN1CCCC1CNc1cc(COC)ncn1. The van der Waals surface area contributed by atoms with E-state index in [1.54, 1.807) is 13.4 Å². The molecule has 1 atom stereocenters. The Morgan fingerprint density at radius 1 is 1.50 bits per heavy atom. The van der Waals surface area contributed by atoms with Crippen molar-refractivity contribution in [3.8, 4) is 0 Å². The molecule has 5 heteroatoms. The lowest BCUT2D eigenvalue weighted by Gasteiger charge is -2.23. The molecule has 1 aromatic rings. The van der Waals surface area contributed by atoms with E-state index in [2.05, 4.69) is 27.1 Å². The molecule has 0 aliphatic carbocycles. The maximum Gasteiger partial charge on any atom is 0.129 e. The number of rotatable bonds is 6. The first kappa shape index (κ1) is 13.2. The fraction of sp³-hybridized carbons (Fsp3) is 0.692. The average molecular weight is 250 g/mol. The highest BCUT2D eigenvalue weighted by molar-refractivity contribution is 5.34. The van der Waals surface area contributed by atoms with Gasteiger partial charge in [0.1, 0.15) is 12.1 Å². The molecule has 0 radical (unpaired) electrons. The summed E-state index contributed by atoms with van der Waals surface area (Å²) in [5, 5.41) is 3.40. The lowest BCUT2D eigenvalue weighted by Crippen LogP contribution is -2.34. The van der Waals surface area contributed by atoms with Crippen molar-refractivity contribution >= 4 is 5.82 Å². The molecule has 1 N–H and O–H groups in total. The average Bonchev–Trinajstić information content (AvgIpc) is 2.84. The normalized spacial score (nSPS) is 20.2. The molecule has 5 nitrogen and oxygen atoms in total. The van der Waals surface area contributed by atoms with Crippen LogP contribution >= 0.6 is 0 Å². The monoisotopic (exact) mass is 250 g/mol. The molecule has 0 bridgehead atoms. The number of nitrogens with one attached hydrogen (secondary N) is 1. The second kappa shape index (κ2) is 6.66. The summed E-state index contributed by atoms with van der Waals surface area (Å²) in [6.07, 6.45) is 4.17. The predicted molar refractivity (Wildman–Crippen MR) is 71.5 cm³/mol. The highest BCUT2D eigenvalue weighted by Gasteiger charge is 2.22. The summed E-state index contributed by atoms with van der Waals surface area (Å²) in [4.78, 5) is 10.9. The fourth-order valence-electron chi connectivity index (χ4n) is 2.49. The summed E-state index contributed by atoms with van der Waals surface area (Å²) in [7, 11) is 1.67. The highest BCUT2D eigenvalue weighted by Crippen LogP contribution is 2.17. The molecule has 1 aliphatic rings. The van der Waals surface area contributed by atoms with Crippen molar-refractivity contribution in [2.45, 2.75) is 32.4 Å². The van der Waals surface area contributed by atoms with Gasteiger partial charge in [-0.15, -0.1) is 0 Å². The first-order chi connectivity index (χ1) is 8.83. The molecule has 0 saturated carbocycles. The van der Waals surface area contributed by atoms with Gasteiger partial charge >= 0.3 is 0 Å². The van der Waals surface area contributed by atoms with Crippen LogP contribution in [0.15, 0.2) is 12.4 Å². The Kier molecular flexibility index (Phi) is 4.90. The van der Waals surface area contributed by atoms with E-state index in [-0.39, 0.29) is 0 Å². The zero-order chi connectivity index (χ0) is 12.8. The zero-order valence-corrected chi connectivity index (χ0v) is 11.2.